The van der Waals surface area contributed by atoms with Crippen LogP contribution in [0.1, 0.15) is 12.5 Å². The van der Waals surface area contributed by atoms with Gasteiger partial charge in [0.25, 0.3) is 0 Å². The number of rotatable bonds is 4. The number of hydrogen-bond donors (Lipinski definition) is 1. The van der Waals surface area contributed by atoms with E-state index in [1.807, 2.05) is 30.3 Å². The quantitative estimate of drug-likeness (QED) is 0.932. The first-order valence-corrected chi connectivity index (χ1v) is 6.50. The molecule has 0 aromatic heterocycles. The summed E-state index contributed by atoms with van der Waals surface area (Å²) in [5.74, 6) is 0.644. The van der Waals surface area contributed by atoms with Crippen molar-refractivity contribution in [3.8, 4) is 5.75 Å². The van der Waals surface area contributed by atoms with Crippen molar-refractivity contribution in [1.29, 1.82) is 0 Å². The summed E-state index contributed by atoms with van der Waals surface area (Å²) in [6, 6.07) is 9.89. The van der Waals surface area contributed by atoms with E-state index in [1.165, 1.54) is 6.92 Å². The summed E-state index contributed by atoms with van der Waals surface area (Å²) >= 11 is 6.38. The first-order valence-electron chi connectivity index (χ1n) is 6.12. The topological polar surface area (TPSA) is 38.3 Å². The minimum Gasteiger partial charge on any atom is -0.495 e. The Morgan fingerprint density at radius 3 is 2.79 bits per heavy atom. The normalized spacial score (nSPS) is 10.5. The van der Waals surface area contributed by atoms with Crippen LogP contribution in [-0.2, 0) is 11.2 Å². The number of benzene rings is 2. The van der Waals surface area contributed by atoms with E-state index < -0.39 is 0 Å². The number of amides is 1. The maximum atomic E-state index is 10.9. The van der Waals surface area contributed by atoms with E-state index in [2.05, 4.69) is 5.32 Å². The van der Waals surface area contributed by atoms with Gasteiger partial charge in [0.1, 0.15) is 5.75 Å². The number of methoxy groups -OCH3 is 1. The molecule has 2 rings (SSSR count). The Kier molecular flexibility index (Phi) is 4.27. The number of nitrogens with one attached hydrogen (secondary N) is 1. The highest BCUT2D eigenvalue weighted by Gasteiger charge is 2.09. The molecular formula is C15H16ClNO2. The first kappa shape index (κ1) is 13.7. The van der Waals surface area contributed by atoms with Gasteiger partial charge >= 0.3 is 0 Å². The molecule has 0 saturated carbocycles. The molecule has 0 saturated heterocycles. The second kappa shape index (κ2) is 5.93. The third-order valence-corrected chi connectivity index (χ3v) is 3.40. The molecule has 0 radical (unpaired) electrons. The Labute approximate surface area is 117 Å². The van der Waals surface area contributed by atoms with Gasteiger partial charge in [-0.15, -0.1) is 0 Å². The van der Waals surface area contributed by atoms with Crippen LogP contribution in [-0.4, -0.2) is 19.6 Å². The zero-order valence-corrected chi connectivity index (χ0v) is 11.8. The SMILES string of the molecule is COc1ccc2cccc(CCNC(C)=O)c2c1Cl. The highest BCUT2D eigenvalue weighted by atomic mass is 35.5. The van der Waals surface area contributed by atoms with Crippen LogP contribution in [0.5, 0.6) is 5.75 Å². The zero-order valence-electron chi connectivity index (χ0n) is 11.0. The molecule has 100 valence electrons. The van der Waals surface area contributed by atoms with Crippen molar-refractivity contribution in [1.82, 2.24) is 5.32 Å². The molecule has 4 heteroatoms. The summed E-state index contributed by atoms with van der Waals surface area (Å²) in [7, 11) is 1.60. The van der Waals surface area contributed by atoms with E-state index in [0.29, 0.717) is 17.3 Å². The van der Waals surface area contributed by atoms with Crippen molar-refractivity contribution in [3.05, 3.63) is 40.9 Å². The number of halogens is 1. The van der Waals surface area contributed by atoms with Gasteiger partial charge in [-0.2, -0.15) is 0 Å². The molecule has 2 aromatic rings. The molecule has 2 aromatic carbocycles. The van der Waals surface area contributed by atoms with Crippen molar-refractivity contribution >= 4 is 28.3 Å². The van der Waals surface area contributed by atoms with Gasteiger partial charge in [0.05, 0.1) is 12.1 Å². The third-order valence-electron chi connectivity index (χ3n) is 3.02. The van der Waals surface area contributed by atoms with Gasteiger partial charge in [0, 0.05) is 18.9 Å². The van der Waals surface area contributed by atoms with Gasteiger partial charge in [0.2, 0.25) is 5.91 Å². The van der Waals surface area contributed by atoms with Crippen LogP contribution in [0.15, 0.2) is 30.3 Å². The maximum Gasteiger partial charge on any atom is 0.216 e. The van der Waals surface area contributed by atoms with E-state index >= 15 is 0 Å². The predicted molar refractivity (Wildman–Crippen MR) is 77.9 cm³/mol. The average molecular weight is 278 g/mol. The van der Waals surface area contributed by atoms with E-state index in [-0.39, 0.29) is 5.91 Å². The second-order valence-corrected chi connectivity index (χ2v) is 4.71. The highest BCUT2D eigenvalue weighted by Crippen LogP contribution is 2.34. The summed E-state index contributed by atoms with van der Waals surface area (Å²) < 4.78 is 5.25. The lowest BCUT2D eigenvalue weighted by molar-refractivity contribution is -0.118. The molecule has 0 fully saturated rings. The molecule has 19 heavy (non-hydrogen) atoms. The van der Waals surface area contributed by atoms with Crippen molar-refractivity contribution in [3.63, 3.8) is 0 Å². The number of hydrogen-bond acceptors (Lipinski definition) is 2. The van der Waals surface area contributed by atoms with Crippen LogP contribution in [0.25, 0.3) is 10.8 Å². The molecule has 3 nitrogen and oxygen atoms in total. The van der Waals surface area contributed by atoms with Gasteiger partial charge in [-0.05, 0) is 23.4 Å². The van der Waals surface area contributed by atoms with Gasteiger partial charge < -0.3 is 10.1 Å². The van der Waals surface area contributed by atoms with Gasteiger partial charge in [-0.25, -0.2) is 0 Å². The van der Waals surface area contributed by atoms with Gasteiger partial charge in [-0.3, -0.25) is 4.79 Å². The van der Waals surface area contributed by atoms with Gasteiger partial charge in [0.15, 0.2) is 0 Å². The van der Waals surface area contributed by atoms with Crippen LogP contribution in [0, 0.1) is 0 Å². The van der Waals surface area contributed by atoms with E-state index in [9.17, 15) is 4.79 Å². The van der Waals surface area contributed by atoms with Crippen LogP contribution in [0.3, 0.4) is 0 Å². The molecule has 1 N–H and O–H groups in total. The van der Waals surface area contributed by atoms with Crippen molar-refractivity contribution in [2.45, 2.75) is 13.3 Å². The largest absolute Gasteiger partial charge is 0.495 e. The van der Waals surface area contributed by atoms with E-state index in [4.69, 9.17) is 16.3 Å². The Hall–Kier alpha value is -1.74. The molecule has 0 heterocycles. The van der Waals surface area contributed by atoms with E-state index in [0.717, 1.165) is 22.8 Å². The lowest BCUT2D eigenvalue weighted by Crippen LogP contribution is -2.22. The van der Waals surface area contributed by atoms with E-state index in [1.54, 1.807) is 7.11 Å². The molecule has 0 aliphatic heterocycles. The highest BCUT2D eigenvalue weighted by molar-refractivity contribution is 6.37. The fourth-order valence-corrected chi connectivity index (χ4v) is 2.50. The molecular weight excluding hydrogens is 262 g/mol. The average Bonchev–Trinajstić information content (AvgIpc) is 2.39. The molecule has 0 bridgehead atoms. The maximum absolute atomic E-state index is 10.9. The Balaban J connectivity index is 2.40. The monoisotopic (exact) mass is 277 g/mol. The molecule has 0 spiro atoms. The first-order chi connectivity index (χ1) is 9.13. The fraction of sp³-hybridized carbons (Fsp3) is 0.267. The number of ether oxygens (including phenoxy) is 1. The Bertz CT molecular complexity index is 610. The minimum atomic E-state index is -0.0242. The third kappa shape index (κ3) is 2.99. The smallest absolute Gasteiger partial charge is 0.216 e. The Morgan fingerprint density at radius 1 is 1.32 bits per heavy atom. The summed E-state index contributed by atoms with van der Waals surface area (Å²) in [6.45, 7) is 2.11. The second-order valence-electron chi connectivity index (χ2n) is 4.33. The summed E-state index contributed by atoms with van der Waals surface area (Å²) in [6.07, 6.45) is 0.740. The lowest BCUT2D eigenvalue weighted by Gasteiger charge is -2.11. The van der Waals surface area contributed by atoms with Gasteiger partial charge in [-0.1, -0.05) is 35.9 Å². The van der Waals surface area contributed by atoms with Crippen LogP contribution >= 0.6 is 11.6 Å². The van der Waals surface area contributed by atoms with Crippen molar-refractivity contribution in [2.24, 2.45) is 0 Å². The summed E-state index contributed by atoms with van der Waals surface area (Å²) in [5, 5.41) is 5.49. The lowest BCUT2D eigenvalue weighted by atomic mass is 10.0. The number of fused-ring (bicyclic) bond motifs is 1. The van der Waals surface area contributed by atoms with Crippen molar-refractivity contribution in [2.75, 3.05) is 13.7 Å². The molecule has 0 aliphatic carbocycles. The zero-order chi connectivity index (χ0) is 13.8. The van der Waals surface area contributed by atoms with Crippen LogP contribution < -0.4 is 10.1 Å². The predicted octanol–water partition coefficient (Wildman–Crippen LogP) is 3.18. The minimum absolute atomic E-state index is 0.0242. The number of carbonyl (C=O) groups excluding carboxylic acids is 1. The molecule has 0 unspecified atom stereocenters. The van der Waals surface area contributed by atoms with Crippen LogP contribution in [0.2, 0.25) is 5.02 Å². The molecule has 0 aliphatic rings. The summed E-state index contributed by atoms with van der Waals surface area (Å²) in [4.78, 5) is 10.9. The molecule has 1 amide bonds. The van der Waals surface area contributed by atoms with Crippen LogP contribution in [0.4, 0.5) is 0 Å². The Morgan fingerprint density at radius 2 is 2.11 bits per heavy atom. The van der Waals surface area contributed by atoms with Crippen molar-refractivity contribution < 1.29 is 9.53 Å². The summed E-state index contributed by atoms with van der Waals surface area (Å²) in [5.41, 5.74) is 1.11. The number of carbonyl (C=O) groups is 1. The molecule has 0 atom stereocenters. The standard InChI is InChI=1S/C15H16ClNO2/c1-10(18)17-9-8-12-5-3-4-11-6-7-13(19-2)15(16)14(11)12/h3-7H,8-9H2,1-2H3,(H,17,18). The fourth-order valence-electron chi connectivity index (χ4n) is 2.13.